The number of ether oxygens (including phenoxy) is 3. The maximum Gasteiger partial charge on any atom is 0.334 e. The average molecular weight is 374 g/mol. The molecule has 0 aromatic carbocycles. The summed E-state index contributed by atoms with van der Waals surface area (Å²) >= 11 is 0. The SMILES string of the molecule is C[C@]1([C@H]2C[C@H](c3ccoc3)OC2=O)C[C@H]2OC(=O)C3=CCC[C@@](O)(O1)[C@]32C. The van der Waals surface area contributed by atoms with Crippen molar-refractivity contribution in [1.82, 2.24) is 0 Å². The Labute approximate surface area is 156 Å². The molecular formula is C20H22O7. The van der Waals surface area contributed by atoms with E-state index in [1.807, 2.05) is 13.0 Å². The van der Waals surface area contributed by atoms with Gasteiger partial charge in [0.2, 0.25) is 0 Å². The van der Waals surface area contributed by atoms with Gasteiger partial charge >= 0.3 is 11.9 Å². The highest BCUT2D eigenvalue weighted by molar-refractivity contribution is 5.93. The molecule has 0 bridgehead atoms. The van der Waals surface area contributed by atoms with Crippen LogP contribution in [0.25, 0.3) is 0 Å². The maximum absolute atomic E-state index is 12.7. The highest BCUT2D eigenvalue weighted by Crippen LogP contribution is 2.61. The lowest BCUT2D eigenvalue weighted by atomic mass is 9.61. The molecule has 5 rings (SSSR count). The zero-order valence-corrected chi connectivity index (χ0v) is 15.3. The van der Waals surface area contributed by atoms with Crippen LogP contribution in [0.5, 0.6) is 0 Å². The van der Waals surface area contributed by atoms with Crippen LogP contribution in [0.1, 0.15) is 51.2 Å². The summed E-state index contributed by atoms with van der Waals surface area (Å²) in [6.45, 7) is 3.62. The van der Waals surface area contributed by atoms with Crippen LogP contribution in [0.3, 0.4) is 0 Å². The molecular weight excluding hydrogens is 352 g/mol. The molecule has 0 radical (unpaired) electrons. The molecule has 1 aromatic rings. The lowest BCUT2D eigenvalue weighted by Crippen LogP contribution is -2.66. The highest BCUT2D eigenvalue weighted by atomic mass is 16.7. The lowest BCUT2D eigenvalue weighted by molar-refractivity contribution is -0.359. The van der Waals surface area contributed by atoms with E-state index in [0.29, 0.717) is 31.3 Å². The van der Waals surface area contributed by atoms with Gasteiger partial charge in [0.15, 0.2) is 5.79 Å². The van der Waals surface area contributed by atoms with Crippen molar-refractivity contribution < 1.29 is 33.3 Å². The van der Waals surface area contributed by atoms with Crippen LogP contribution in [0.4, 0.5) is 0 Å². The summed E-state index contributed by atoms with van der Waals surface area (Å²) in [5, 5.41) is 11.4. The lowest BCUT2D eigenvalue weighted by Gasteiger charge is -2.56. The molecule has 3 saturated heterocycles. The zero-order chi connectivity index (χ0) is 19.0. The Morgan fingerprint density at radius 2 is 2.04 bits per heavy atom. The minimum atomic E-state index is -1.56. The van der Waals surface area contributed by atoms with Gasteiger partial charge in [-0.15, -0.1) is 0 Å². The summed E-state index contributed by atoms with van der Waals surface area (Å²) in [4.78, 5) is 25.0. The molecule has 0 saturated carbocycles. The van der Waals surface area contributed by atoms with Crippen LogP contribution in [-0.2, 0) is 23.8 Å². The number of cyclic esters (lactones) is 1. The number of hydrogen-bond acceptors (Lipinski definition) is 7. The first kappa shape index (κ1) is 17.0. The number of aliphatic hydroxyl groups is 1. The standard InChI is InChI=1S/C20H22O7/c1-18(13-8-14(25-17(13)22)11-5-7-24-10-11)9-15-19(2)12(16(21)26-15)4-3-6-20(19,23)27-18/h4-5,7,10,13-15,23H,3,6,8-9H2,1-2H3/t13-,14+,15+,18+,19+,20+/m0/s1. The second-order valence-corrected chi connectivity index (χ2v) is 8.43. The van der Waals surface area contributed by atoms with E-state index in [1.165, 1.54) is 6.26 Å². The number of allylic oxidation sites excluding steroid dienone is 1. The second kappa shape index (κ2) is 5.23. The number of carbonyl (C=O) groups excluding carboxylic acids is 2. The summed E-state index contributed by atoms with van der Waals surface area (Å²) < 4.78 is 22.5. The van der Waals surface area contributed by atoms with Crippen molar-refractivity contribution in [3.05, 3.63) is 35.8 Å². The van der Waals surface area contributed by atoms with E-state index in [-0.39, 0.29) is 5.97 Å². The van der Waals surface area contributed by atoms with E-state index in [9.17, 15) is 14.7 Å². The summed E-state index contributed by atoms with van der Waals surface area (Å²) in [5.41, 5.74) is -0.645. The minimum Gasteiger partial charge on any atom is -0.472 e. The second-order valence-electron chi connectivity index (χ2n) is 8.43. The topological polar surface area (TPSA) is 95.2 Å². The molecule has 3 fully saturated rings. The van der Waals surface area contributed by atoms with Crippen molar-refractivity contribution in [1.29, 1.82) is 0 Å². The van der Waals surface area contributed by atoms with Crippen LogP contribution >= 0.6 is 0 Å². The maximum atomic E-state index is 12.7. The predicted molar refractivity (Wildman–Crippen MR) is 90.0 cm³/mol. The normalized spacial score (nSPS) is 45.9. The Balaban J connectivity index is 1.49. The molecule has 1 N–H and O–H groups in total. The van der Waals surface area contributed by atoms with Crippen LogP contribution in [-0.4, -0.2) is 34.5 Å². The van der Waals surface area contributed by atoms with Gasteiger partial charge in [-0.3, -0.25) is 4.79 Å². The molecule has 0 unspecified atom stereocenters. The number of furan rings is 1. The van der Waals surface area contributed by atoms with Gasteiger partial charge in [-0.2, -0.15) is 0 Å². The first-order valence-corrected chi connectivity index (χ1v) is 9.34. The van der Waals surface area contributed by atoms with Crippen LogP contribution in [0.2, 0.25) is 0 Å². The first-order valence-electron chi connectivity index (χ1n) is 9.34. The van der Waals surface area contributed by atoms with Crippen molar-refractivity contribution in [2.75, 3.05) is 0 Å². The molecule has 6 atom stereocenters. The van der Waals surface area contributed by atoms with Gasteiger partial charge in [-0.25, -0.2) is 4.79 Å². The smallest absolute Gasteiger partial charge is 0.334 e. The fourth-order valence-electron chi connectivity index (χ4n) is 5.28. The average Bonchev–Trinajstić information content (AvgIpc) is 3.29. The number of carbonyl (C=O) groups is 2. The van der Waals surface area contributed by atoms with Crippen molar-refractivity contribution in [2.24, 2.45) is 11.3 Å². The van der Waals surface area contributed by atoms with E-state index in [1.54, 1.807) is 19.3 Å². The summed E-state index contributed by atoms with van der Waals surface area (Å²) in [5.74, 6) is -2.90. The third kappa shape index (κ3) is 2.09. The Bertz CT molecular complexity index is 843. The summed E-state index contributed by atoms with van der Waals surface area (Å²) in [6.07, 6.45) is 5.61. The molecule has 4 aliphatic rings. The van der Waals surface area contributed by atoms with E-state index in [0.717, 1.165) is 5.56 Å². The summed E-state index contributed by atoms with van der Waals surface area (Å²) in [6, 6.07) is 1.77. The number of rotatable bonds is 2. The van der Waals surface area contributed by atoms with Crippen LogP contribution < -0.4 is 0 Å². The van der Waals surface area contributed by atoms with E-state index >= 15 is 0 Å². The molecule has 0 spiro atoms. The largest absolute Gasteiger partial charge is 0.472 e. The molecule has 3 aliphatic heterocycles. The van der Waals surface area contributed by atoms with Gasteiger partial charge in [-0.05, 0) is 26.3 Å². The fourth-order valence-corrected chi connectivity index (χ4v) is 5.28. The highest BCUT2D eigenvalue weighted by Gasteiger charge is 2.71. The van der Waals surface area contributed by atoms with Crippen LogP contribution in [0, 0.1) is 11.3 Å². The summed E-state index contributed by atoms with van der Waals surface area (Å²) in [7, 11) is 0. The van der Waals surface area contributed by atoms with Crippen molar-refractivity contribution in [3.63, 3.8) is 0 Å². The third-order valence-electron chi connectivity index (χ3n) is 6.95. The quantitative estimate of drug-likeness (QED) is 0.794. The molecule has 144 valence electrons. The van der Waals surface area contributed by atoms with Gasteiger partial charge in [0.1, 0.15) is 12.2 Å². The molecule has 1 aliphatic carbocycles. The van der Waals surface area contributed by atoms with Gasteiger partial charge in [0.25, 0.3) is 0 Å². The van der Waals surface area contributed by atoms with E-state index in [4.69, 9.17) is 18.6 Å². The third-order valence-corrected chi connectivity index (χ3v) is 6.95. The molecule has 7 heteroatoms. The Kier molecular flexibility index (Phi) is 3.30. The zero-order valence-electron chi connectivity index (χ0n) is 15.3. The van der Waals surface area contributed by atoms with Crippen LogP contribution in [0.15, 0.2) is 34.7 Å². The Morgan fingerprint density at radius 1 is 1.22 bits per heavy atom. The number of esters is 2. The Morgan fingerprint density at radius 3 is 2.78 bits per heavy atom. The molecule has 1 aromatic heterocycles. The van der Waals surface area contributed by atoms with Crippen molar-refractivity contribution in [3.8, 4) is 0 Å². The van der Waals surface area contributed by atoms with Crippen molar-refractivity contribution >= 4 is 11.9 Å². The van der Waals surface area contributed by atoms with Gasteiger partial charge in [-0.1, -0.05) is 6.08 Å². The minimum absolute atomic E-state index is 0.326. The predicted octanol–water partition coefficient (Wildman–Crippen LogP) is 2.40. The van der Waals surface area contributed by atoms with Gasteiger partial charge < -0.3 is 23.7 Å². The molecule has 27 heavy (non-hydrogen) atoms. The molecule has 7 nitrogen and oxygen atoms in total. The van der Waals surface area contributed by atoms with Gasteiger partial charge in [0.05, 0.1) is 29.5 Å². The fraction of sp³-hybridized carbons (Fsp3) is 0.600. The van der Waals surface area contributed by atoms with E-state index < -0.39 is 40.9 Å². The first-order chi connectivity index (χ1) is 12.8. The van der Waals surface area contributed by atoms with E-state index in [2.05, 4.69) is 0 Å². The number of hydrogen-bond donors (Lipinski definition) is 1. The van der Waals surface area contributed by atoms with Crippen molar-refractivity contribution in [2.45, 2.75) is 63.1 Å². The van der Waals surface area contributed by atoms with Gasteiger partial charge in [0, 0.05) is 30.4 Å². The molecule has 4 heterocycles. The molecule has 0 amide bonds. The Hall–Kier alpha value is -2.12. The monoisotopic (exact) mass is 374 g/mol.